The van der Waals surface area contributed by atoms with Gasteiger partial charge in [0.2, 0.25) is 0 Å². The minimum absolute atomic E-state index is 0.0620. The van der Waals surface area contributed by atoms with E-state index in [9.17, 15) is 4.39 Å². The molecule has 0 aromatic heterocycles. The second-order valence-corrected chi connectivity index (χ2v) is 4.88. The van der Waals surface area contributed by atoms with Crippen LogP contribution in [0.1, 0.15) is 25.7 Å². The number of halogens is 1. The first-order valence-electron chi connectivity index (χ1n) is 6.85. The van der Waals surface area contributed by atoms with Crippen molar-refractivity contribution in [3.05, 3.63) is 35.3 Å². The molecule has 1 aromatic carbocycles. The predicted molar refractivity (Wildman–Crippen MR) is 76.8 cm³/mol. The third-order valence-electron chi connectivity index (χ3n) is 3.38. The molecule has 1 N–H and O–H groups in total. The molecule has 1 aliphatic rings. The summed E-state index contributed by atoms with van der Waals surface area (Å²) in [4.78, 5) is 0. The molecule has 0 aliphatic heterocycles. The van der Waals surface area contributed by atoms with Crippen LogP contribution in [0.2, 0.25) is 0 Å². The molecular weight excluding hydrogens is 283 g/mol. The first-order valence-corrected chi connectivity index (χ1v) is 6.85. The number of allylic oxidation sites excluding steroid dienone is 2. The summed E-state index contributed by atoms with van der Waals surface area (Å²) in [5.41, 5.74) is -0.364. The van der Waals surface area contributed by atoms with E-state index in [1.807, 2.05) is 0 Å². The number of hydrogen-bond acceptors (Lipinski definition) is 5. The highest BCUT2D eigenvalue weighted by atomic mass is 19.1. The zero-order valence-electron chi connectivity index (χ0n) is 11.8. The number of rotatable bonds is 4. The van der Waals surface area contributed by atoms with Crippen LogP contribution < -0.4 is 10.1 Å². The van der Waals surface area contributed by atoms with E-state index in [0.29, 0.717) is 5.75 Å². The van der Waals surface area contributed by atoms with Crippen molar-refractivity contribution in [3.63, 3.8) is 0 Å². The van der Waals surface area contributed by atoms with Gasteiger partial charge in [-0.05, 0) is 37.8 Å². The molecule has 1 fully saturated rings. The molecular formula is C16H13FN4O. The SMILES string of the molecule is N#CC(C#N)=C(C#N)Nc1cc(F)ccc1OC1CCCC1. The lowest BCUT2D eigenvalue weighted by Gasteiger charge is -2.17. The largest absolute Gasteiger partial charge is 0.488 e. The van der Waals surface area contributed by atoms with Crippen molar-refractivity contribution < 1.29 is 9.13 Å². The minimum Gasteiger partial charge on any atom is -0.488 e. The Bertz CT molecular complexity index is 699. The number of benzene rings is 1. The van der Waals surface area contributed by atoms with Crippen molar-refractivity contribution in [1.82, 2.24) is 0 Å². The van der Waals surface area contributed by atoms with E-state index >= 15 is 0 Å². The summed E-state index contributed by atoms with van der Waals surface area (Å²) in [5, 5.41) is 29.3. The molecule has 0 atom stereocenters. The molecule has 0 bridgehead atoms. The first-order chi connectivity index (χ1) is 10.7. The fourth-order valence-electron chi connectivity index (χ4n) is 2.31. The van der Waals surface area contributed by atoms with E-state index in [1.54, 1.807) is 18.2 Å². The molecule has 1 saturated carbocycles. The monoisotopic (exact) mass is 296 g/mol. The van der Waals surface area contributed by atoms with Gasteiger partial charge in [-0.25, -0.2) is 4.39 Å². The van der Waals surface area contributed by atoms with Crippen LogP contribution in [-0.2, 0) is 0 Å². The Morgan fingerprint density at radius 3 is 2.41 bits per heavy atom. The standard InChI is InChI=1S/C16H13FN4O/c17-12-5-6-16(22-13-3-1-2-4-13)14(7-12)21-15(10-20)11(8-18)9-19/h5-7,13,21H,1-4H2. The lowest BCUT2D eigenvalue weighted by Crippen LogP contribution is -2.13. The molecule has 0 amide bonds. The number of ether oxygens (including phenoxy) is 1. The molecule has 0 saturated heterocycles. The van der Waals surface area contributed by atoms with Crippen LogP contribution in [0.4, 0.5) is 10.1 Å². The van der Waals surface area contributed by atoms with E-state index in [2.05, 4.69) is 5.32 Å². The van der Waals surface area contributed by atoms with Crippen molar-refractivity contribution in [2.75, 3.05) is 5.32 Å². The van der Waals surface area contributed by atoms with Crippen LogP contribution in [-0.4, -0.2) is 6.10 Å². The maximum Gasteiger partial charge on any atom is 0.163 e. The first kappa shape index (κ1) is 15.4. The van der Waals surface area contributed by atoms with Crippen LogP contribution in [0.5, 0.6) is 5.75 Å². The van der Waals surface area contributed by atoms with Gasteiger partial charge in [0.1, 0.15) is 35.5 Å². The van der Waals surface area contributed by atoms with Gasteiger partial charge in [-0.1, -0.05) is 0 Å². The van der Waals surface area contributed by atoms with Gasteiger partial charge in [0, 0.05) is 6.07 Å². The average molecular weight is 296 g/mol. The Hall–Kier alpha value is -3.04. The normalized spacial score (nSPS) is 13.5. The van der Waals surface area contributed by atoms with Gasteiger partial charge in [-0.2, -0.15) is 15.8 Å². The van der Waals surface area contributed by atoms with E-state index in [1.165, 1.54) is 18.2 Å². The second-order valence-electron chi connectivity index (χ2n) is 4.88. The quantitative estimate of drug-likeness (QED) is 0.860. The molecule has 0 unspecified atom stereocenters. The van der Waals surface area contributed by atoms with Gasteiger partial charge < -0.3 is 10.1 Å². The Labute approximate surface area is 127 Å². The van der Waals surface area contributed by atoms with Crippen LogP contribution in [0.25, 0.3) is 0 Å². The van der Waals surface area contributed by atoms with Crippen molar-refractivity contribution in [3.8, 4) is 24.0 Å². The van der Waals surface area contributed by atoms with Crippen LogP contribution in [0, 0.1) is 39.8 Å². The lowest BCUT2D eigenvalue weighted by atomic mass is 10.2. The summed E-state index contributed by atoms with van der Waals surface area (Å²) in [5.74, 6) is -0.106. The molecule has 0 spiro atoms. The van der Waals surface area contributed by atoms with E-state index in [-0.39, 0.29) is 23.1 Å². The van der Waals surface area contributed by atoms with E-state index < -0.39 is 5.82 Å². The Morgan fingerprint density at radius 2 is 1.82 bits per heavy atom. The van der Waals surface area contributed by atoms with Gasteiger partial charge in [-0.3, -0.25) is 0 Å². The maximum absolute atomic E-state index is 13.5. The van der Waals surface area contributed by atoms with Gasteiger partial charge in [0.15, 0.2) is 5.57 Å². The molecule has 0 heterocycles. The van der Waals surface area contributed by atoms with Gasteiger partial charge in [0.05, 0.1) is 11.8 Å². The van der Waals surface area contributed by atoms with E-state index in [4.69, 9.17) is 20.5 Å². The molecule has 22 heavy (non-hydrogen) atoms. The average Bonchev–Trinajstić information content (AvgIpc) is 3.03. The minimum atomic E-state index is -0.506. The molecule has 6 heteroatoms. The highest BCUT2D eigenvalue weighted by molar-refractivity contribution is 5.64. The second kappa shape index (κ2) is 7.11. The highest BCUT2D eigenvalue weighted by Gasteiger charge is 2.19. The fraction of sp³-hybridized carbons (Fsp3) is 0.312. The summed E-state index contributed by atoms with van der Waals surface area (Å²) >= 11 is 0. The summed E-state index contributed by atoms with van der Waals surface area (Å²) in [6, 6.07) is 8.91. The molecule has 110 valence electrons. The number of nitrogens with one attached hydrogen (secondary N) is 1. The Kier molecular flexibility index (Phi) is 4.96. The predicted octanol–water partition coefficient (Wildman–Crippen LogP) is 3.38. The smallest absolute Gasteiger partial charge is 0.163 e. The third-order valence-corrected chi connectivity index (χ3v) is 3.38. The molecule has 1 aliphatic carbocycles. The van der Waals surface area contributed by atoms with Crippen molar-refractivity contribution in [2.24, 2.45) is 0 Å². The Morgan fingerprint density at radius 1 is 1.14 bits per heavy atom. The lowest BCUT2D eigenvalue weighted by molar-refractivity contribution is 0.211. The van der Waals surface area contributed by atoms with Crippen LogP contribution in [0.15, 0.2) is 29.5 Å². The number of nitrogens with zero attached hydrogens (tertiary/aromatic N) is 3. The molecule has 0 radical (unpaired) electrons. The van der Waals surface area contributed by atoms with Gasteiger partial charge >= 0.3 is 0 Å². The molecule has 5 nitrogen and oxygen atoms in total. The maximum atomic E-state index is 13.5. The van der Waals surface area contributed by atoms with Crippen LogP contribution >= 0.6 is 0 Å². The van der Waals surface area contributed by atoms with Crippen molar-refractivity contribution in [2.45, 2.75) is 31.8 Å². The summed E-state index contributed by atoms with van der Waals surface area (Å²) in [7, 11) is 0. The number of anilines is 1. The number of hydrogen-bond donors (Lipinski definition) is 1. The zero-order chi connectivity index (χ0) is 15.9. The zero-order valence-corrected chi connectivity index (χ0v) is 11.8. The summed E-state index contributed by atoms with van der Waals surface area (Å²) in [6.07, 6.45) is 4.10. The van der Waals surface area contributed by atoms with Gasteiger partial charge in [0.25, 0.3) is 0 Å². The van der Waals surface area contributed by atoms with Crippen molar-refractivity contribution >= 4 is 5.69 Å². The van der Waals surface area contributed by atoms with Gasteiger partial charge in [-0.15, -0.1) is 0 Å². The summed E-state index contributed by atoms with van der Waals surface area (Å²) < 4.78 is 19.3. The molecule has 2 rings (SSSR count). The van der Waals surface area contributed by atoms with E-state index in [0.717, 1.165) is 25.7 Å². The van der Waals surface area contributed by atoms with Crippen LogP contribution in [0.3, 0.4) is 0 Å². The fourth-order valence-corrected chi connectivity index (χ4v) is 2.31. The molecule has 1 aromatic rings. The summed E-state index contributed by atoms with van der Waals surface area (Å²) in [6.45, 7) is 0. The Balaban J connectivity index is 2.31. The topological polar surface area (TPSA) is 92.6 Å². The van der Waals surface area contributed by atoms with Crippen molar-refractivity contribution in [1.29, 1.82) is 15.8 Å². The highest BCUT2D eigenvalue weighted by Crippen LogP contribution is 2.31. The third kappa shape index (κ3) is 3.53. The number of nitriles is 3.